The van der Waals surface area contributed by atoms with Crippen LogP contribution >= 0.6 is 0 Å². The van der Waals surface area contributed by atoms with Gasteiger partial charge in [-0.3, -0.25) is 4.98 Å². The van der Waals surface area contributed by atoms with Crippen molar-refractivity contribution < 1.29 is 0 Å². The summed E-state index contributed by atoms with van der Waals surface area (Å²) >= 11 is 0. The molecule has 0 amide bonds. The van der Waals surface area contributed by atoms with Crippen LogP contribution in [0.25, 0.3) is 89.2 Å². The Hall–Kier alpha value is -8.53. The molecule has 0 atom stereocenters. The van der Waals surface area contributed by atoms with Crippen LogP contribution in [0.5, 0.6) is 0 Å². The van der Waals surface area contributed by atoms with Crippen molar-refractivity contribution in [1.29, 1.82) is 0 Å². The van der Waals surface area contributed by atoms with Crippen LogP contribution in [0.3, 0.4) is 0 Å². The molecule has 0 aliphatic heterocycles. The molecule has 0 unspecified atom stereocenters. The minimum Gasteiger partial charge on any atom is -0.264 e. The van der Waals surface area contributed by atoms with E-state index in [1.165, 1.54) is 55.5 Å². The highest BCUT2D eigenvalue weighted by atomic mass is 14.9. The van der Waals surface area contributed by atoms with Gasteiger partial charge < -0.3 is 0 Å². The van der Waals surface area contributed by atoms with Crippen LogP contribution in [0.15, 0.2) is 249 Å². The maximum absolute atomic E-state index is 5.26. The summed E-state index contributed by atoms with van der Waals surface area (Å²) in [7, 11) is 0. The van der Waals surface area contributed by atoms with Gasteiger partial charge in [0.1, 0.15) is 0 Å². The number of nitrogens with zero attached hydrogens (tertiary/aromatic N) is 3. The highest BCUT2D eigenvalue weighted by Gasteiger charge is 2.46. The van der Waals surface area contributed by atoms with Gasteiger partial charge >= 0.3 is 0 Å². The van der Waals surface area contributed by atoms with Crippen LogP contribution in [0.2, 0.25) is 0 Å². The van der Waals surface area contributed by atoms with E-state index in [-0.39, 0.29) is 0 Å². The molecule has 0 saturated heterocycles. The standard InChI is InChI=1S/C62H41N3/c1-4-17-42(18-5-1)61-64-59(47-22-15-20-44(38-47)48-23-16-36-63-41-48)40-60(65-61)56-35-34-51(52-28-10-11-29-53(52)56)46-21-14-19-43(37-46)45-32-33-55-54-30-12-13-31-57(54)62(58(55)39-45,49-24-6-2-7-25-49)50-26-8-3-9-27-50/h1-41H. The van der Waals surface area contributed by atoms with Gasteiger partial charge in [-0.1, -0.05) is 206 Å². The van der Waals surface area contributed by atoms with Crippen molar-refractivity contribution in [1.82, 2.24) is 15.0 Å². The minimum absolute atomic E-state index is 0.461. The van der Waals surface area contributed by atoms with Gasteiger partial charge in [0.25, 0.3) is 0 Å². The van der Waals surface area contributed by atoms with Gasteiger partial charge in [-0.2, -0.15) is 0 Å². The Bertz CT molecular complexity index is 3490. The molecule has 0 bridgehead atoms. The van der Waals surface area contributed by atoms with Crippen molar-refractivity contribution >= 4 is 10.8 Å². The fourth-order valence-electron chi connectivity index (χ4n) is 10.1. The molecule has 9 aromatic carbocycles. The summed E-state index contributed by atoms with van der Waals surface area (Å²) in [5.74, 6) is 0.687. The summed E-state index contributed by atoms with van der Waals surface area (Å²) in [6, 6.07) is 85.2. The summed E-state index contributed by atoms with van der Waals surface area (Å²) in [6.07, 6.45) is 3.70. The van der Waals surface area contributed by atoms with E-state index in [9.17, 15) is 0 Å². The second kappa shape index (κ2) is 16.0. The highest BCUT2D eigenvalue weighted by molar-refractivity contribution is 6.05. The van der Waals surface area contributed by atoms with Gasteiger partial charge in [-0.25, -0.2) is 9.97 Å². The molecule has 3 nitrogen and oxygen atoms in total. The average Bonchev–Trinajstić information content (AvgIpc) is 3.69. The molecular weight excluding hydrogens is 787 g/mol. The van der Waals surface area contributed by atoms with Gasteiger partial charge in [0.2, 0.25) is 0 Å². The lowest BCUT2D eigenvalue weighted by Crippen LogP contribution is -2.28. The number of hydrogen-bond acceptors (Lipinski definition) is 3. The number of hydrogen-bond donors (Lipinski definition) is 0. The molecule has 0 radical (unpaired) electrons. The molecule has 0 N–H and O–H groups in total. The van der Waals surface area contributed by atoms with Gasteiger partial charge in [-0.05, 0) is 102 Å². The van der Waals surface area contributed by atoms with Gasteiger partial charge in [-0.15, -0.1) is 0 Å². The van der Waals surface area contributed by atoms with E-state index in [4.69, 9.17) is 9.97 Å². The molecule has 1 aliphatic rings. The first-order chi connectivity index (χ1) is 32.2. The van der Waals surface area contributed by atoms with Crippen molar-refractivity contribution in [3.05, 3.63) is 271 Å². The fraction of sp³-hybridized carbons (Fsp3) is 0.0161. The molecule has 2 heterocycles. The third kappa shape index (κ3) is 6.56. The predicted octanol–water partition coefficient (Wildman–Crippen LogP) is 15.4. The zero-order valence-electron chi connectivity index (χ0n) is 35.5. The smallest absolute Gasteiger partial charge is 0.160 e. The van der Waals surface area contributed by atoms with Crippen molar-refractivity contribution in [2.24, 2.45) is 0 Å². The first kappa shape index (κ1) is 38.2. The molecule has 12 rings (SSSR count). The highest BCUT2D eigenvalue weighted by Crippen LogP contribution is 2.56. The van der Waals surface area contributed by atoms with Crippen LogP contribution in [0.1, 0.15) is 22.3 Å². The minimum atomic E-state index is -0.461. The fourth-order valence-corrected chi connectivity index (χ4v) is 10.1. The number of rotatable bonds is 8. The monoisotopic (exact) mass is 827 g/mol. The van der Waals surface area contributed by atoms with E-state index in [1.54, 1.807) is 6.20 Å². The molecule has 3 heteroatoms. The first-order valence-corrected chi connectivity index (χ1v) is 22.2. The van der Waals surface area contributed by atoms with Crippen LogP contribution in [0.4, 0.5) is 0 Å². The second-order valence-corrected chi connectivity index (χ2v) is 16.7. The number of pyridine rings is 1. The van der Waals surface area contributed by atoms with E-state index >= 15 is 0 Å². The van der Waals surface area contributed by atoms with Crippen LogP contribution in [-0.2, 0) is 5.41 Å². The van der Waals surface area contributed by atoms with E-state index in [2.05, 4.69) is 217 Å². The van der Waals surface area contributed by atoms with Crippen molar-refractivity contribution in [2.45, 2.75) is 5.41 Å². The third-order valence-corrected chi connectivity index (χ3v) is 13.1. The molecule has 1 aliphatic carbocycles. The Morgan fingerprint density at radius 2 is 0.815 bits per heavy atom. The zero-order valence-corrected chi connectivity index (χ0v) is 35.5. The number of aromatic nitrogens is 3. The lowest BCUT2D eigenvalue weighted by atomic mass is 9.67. The van der Waals surface area contributed by atoms with Crippen LogP contribution in [0, 0.1) is 0 Å². The summed E-state index contributed by atoms with van der Waals surface area (Å²) in [5, 5.41) is 2.30. The Balaban J connectivity index is 0.980. The topological polar surface area (TPSA) is 38.7 Å². The SMILES string of the molecule is c1ccc(-c2nc(-c3cccc(-c4cccnc4)c3)cc(-c3ccc(-c4cccc(-c5ccc6c(c5)C(c5ccccc5)(c5ccccc5)c5ccccc5-6)c4)c4ccccc34)n2)cc1. The lowest BCUT2D eigenvalue weighted by molar-refractivity contribution is 0.769. The molecule has 0 saturated carbocycles. The van der Waals surface area contributed by atoms with Crippen molar-refractivity contribution in [3.8, 4) is 78.4 Å². The molecule has 304 valence electrons. The molecule has 2 aromatic heterocycles. The maximum atomic E-state index is 5.26. The summed E-state index contributed by atoms with van der Waals surface area (Å²) in [6.45, 7) is 0. The average molecular weight is 828 g/mol. The maximum Gasteiger partial charge on any atom is 0.160 e. The van der Waals surface area contributed by atoms with E-state index < -0.39 is 5.41 Å². The van der Waals surface area contributed by atoms with Crippen molar-refractivity contribution in [3.63, 3.8) is 0 Å². The van der Waals surface area contributed by atoms with Gasteiger partial charge in [0.05, 0.1) is 16.8 Å². The predicted molar refractivity (Wildman–Crippen MR) is 267 cm³/mol. The quantitative estimate of drug-likeness (QED) is 0.153. The van der Waals surface area contributed by atoms with Crippen molar-refractivity contribution in [2.75, 3.05) is 0 Å². The molecule has 65 heavy (non-hydrogen) atoms. The summed E-state index contributed by atoms with van der Waals surface area (Å²) in [5.41, 5.74) is 18.9. The Labute approximate surface area is 379 Å². The first-order valence-electron chi connectivity index (χ1n) is 22.2. The van der Waals surface area contributed by atoms with Crippen LogP contribution in [-0.4, -0.2) is 15.0 Å². The number of benzene rings is 9. The van der Waals surface area contributed by atoms with E-state index in [0.29, 0.717) is 5.82 Å². The molecule has 11 aromatic rings. The van der Waals surface area contributed by atoms with E-state index in [0.717, 1.165) is 50.2 Å². The number of fused-ring (bicyclic) bond motifs is 4. The second-order valence-electron chi connectivity index (χ2n) is 16.7. The van der Waals surface area contributed by atoms with Crippen LogP contribution < -0.4 is 0 Å². The molecule has 0 spiro atoms. The van der Waals surface area contributed by atoms with Gasteiger partial charge in [0.15, 0.2) is 5.82 Å². The normalized spacial score (nSPS) is 12.4. The third-order valence-electron chi connectivity index (χ3n) is 13.1. The Kier molecular flexibility index (Phi) is 9.39. The van der Waals surface area contributed by atoms with Gasteiger partial charge in [0, 0.05) is 34.6 Å². The molecule has 0 fully saturated rings. The molecular formula is C62H41N3. The summed E-state index contributed by atoms with van der Waals surface area (Å²) < 4.78 is 0. The van der Waals surface area contributed by atoms with E-state index in [1.807, 2.05) is 30.5 Å². The largest absolute Gasteiger partial charge is 0.264 e. The Morgan fingerprint density at radius 1 is 0.292 bits per heavy atom. The Morgan fingerprint density at radius 3 is 1.55 bits per heavy atom. The zero-order chi connectivity index (χ0) is 43.2. The lowest BCUT2D eigenvalue weighted by Gasteiger charge is -2.34. The summed E-state index contributed by atoms with van der Waals surface area (Å²) in [4.78, 5) is 14.8.